The number of hydrogen-bond acceptors (Lipinski definition) is 3. The Labute approximate surface area is 116 Å². The van der Waals surface area contributed by atoms with E-state index < -0.39 is 12.0 Å². The molecule has 102 valence electrons. The maximum Gasteiger partial charge on any atom is 0.327 e. The molecule has 1 aromatic carbocycles. The van der Waals surface area contributed by atoms with E-state index in [0.29, 0.717) is 16.9 Å². The first-order chi connectivity index (χ1) is 9.08. The highest BCUT2D eigenvalue weighted by Gasteiger charge is 2.39. The van der Waals surface area contributed by atoms with E-state index in [-0.39, 0.29) is 5.91 Å². The zero-order valence-electron chi connectivity index (χ0n) is 10.7. The van der Waals surface area contributed by atoms with Gasteiger partial charge in [-0.2, -0.15) is 11.8 Å². The van der Waals surface area contributed by atoms with Gasteiger partial charge in [0.15, 0.2) is 0 Å². The standard InChI is InChI=1S/C14H17NO3S/c1-9(16)15-12(14(17)18)8-19-13-7-11(13)10-5-3-2-4-6-10/h2-6,11-13H,7-8H2,1H3,(H,15,16)(H,17,18). The summed E-state index contributed by atoms with van der Waals surface area (Å²) in [4.78, 5) is 21.9. The molecule has 1 aliphatic rings. The van der Waals surface area contributed by atoms with E-state index in [1.54, 1.807) is 11.8 Å². The summed E-state index contributed by atoms with van der Waals surface area (Å²) in [5.74, 6) is -0.330. The summed E-state index contributed by atoms with van der Waals surface area (Å²) in [6.45, 7) is 1.34. The molecule has 1 aromatic rings. The minimum Gasteiger partial charge on any atom is -0.480 e. The Balaban J connectivity index is 1.80. The summed E-state index contributed by atoms with van der Waals surface area (Å²) >= 11 is 1.63. The molecule has 5 heteroatoms. The molecule has 0 heterocycles. The molecule has 0 spiro atoms. The van der Waals surface area contributed by atoms with Crippen LogP contribution in [0.2, 0.25) is 0 Å². The molecule has 0 radical (unpaired) electrons. The molecule has 2 N–H and O–H groups in total. The van der Waals surface area contributed by atoms with Crippen LogP contribution >= 0.6 is 11.8 Å². The smallest absolute Gasteiger partial charge is 0.327 e. The Hall–Kier alpha value is -1.49. The normalized spacial score (nSPS) is 22.6. The number of nitrogens with one attached hydrogen (secondary N) is 1. The fourth-order valence-corrected chi connectivity index (χ4v) is 3.45. The second kappa shape index (κ2) is 6.10. The fraction of sp³-hybridized carbons (Fsp3) is 0.429. The lowest BCUT2D eigenvalue weighted by Gasteiger charge is -2.12. The van der Waals surface area contributed by atoms with Gasteiger partial charge in [-0.05, 0) is 17.9 Å². The molecular formula is C14H17NO3S. The monoisotopic (exact) mass is 279 g/mol. The van der Waals surface area contributed by atoms with E-state index in [4.69, 9.17) is 5.11 Å². The zero-order chi connectivity index (χ0) is 13.8. The van der Waals surface area contributed by atoms with Crippen LogP contribution in [0, 0.1) is 0 Å². The highest BCUT2D eigenvalue weighted by atomic mass is 32.2. The molecule has 1 aliphatic carbocycles. The van der Waals surface area contributed by atoms with E-state index >= 15 is 0 Å². The predicted molar refractivity (Wildman–Crippen MR) is 75.3 cm³/mol. The third kappa shape index (κ3) is 3.99. The number of amides is 1. The second-order valence-electron chi connectivity index (χ2n) is 4.72. The lowest BCUT2D eigenvalue weighted by molar-refractivity contribution is -0.140. The summed E-state index contributed by atoms with van der Waals surface area (Å²) in [5, 5.41) is 11.9. The second-order valence-corrected chi connectivity index (χ2v) is 5.99. The van der Waals surface area contributed by atoms with Crippen molar-refractivity contribution in [3.8, 4) is 0 Å². The van der Waals surface area contributed by atoms with Gasteiger partial charge < -0.3 is 10.4 Å². The van der Waals surface area contributed by atoms with Gasteiger partial charge in [-0.15, -0.1) is 0 Å². The van der Waals surface area contributed by atoms with E-state index in [2.05, 4.69) is 17.4 Å². The number of thioether (sulfide) groups is 1. The average molecular weight is 279 g/mol. The largest absolute Gasteiger partial charge is 0.480 e. The van der Waals surface area contributed by atoms with Crippen LogP contribution in [-0.2, 0) is 9.59 Å². The lowest BCUT2D eigenvalue weighted by atomic mass is 10.1. The number of carboxylic acid groups (broad SMARTS) is 1. The summed E-state index contributed by atoms with van der Waals surface area (Å²) in [6, 6.07) is 9.45. The van der Waals surface area contributed by atoms with Crippen molar-refractivity contribution >= 4 is 23.6 Å². The number of rotatable bonds is 6. The first-order valence-electron chi connectivity index (χ1n) is 6.24. The first-order valence-corrected chi connectivity index (χ1v) is 7.29. The fourth-order valence-electron chi connectivity index (χ4n) is 2.05. The molecule has 3 unspecified atom stereocenters. The van der Waals surface area contributed by atoms with Gasteiger partial charge in [0.2, 0.25) is 5.91 Å². The summed E-state index contributed by atoms with van der Waals surface area (Å²) in [6.07, 6.45) is 1.08. The SMILES string of the molecule is CC(=O)NC(CSC1CC1c1ccccc1)C(=O)O. The Morgan fingerprint density at radius 3 is 2.68 bits per heavy atom. The molecule has 0 bridgehead atoms. The molecule has 4 nitrogen and oxygen atoms in total. The van der Waals surface area contributed by atoms with Gasteiger partial charge in [-0.25, -0.2) is 4.79 Å². The Bertz CT molecular complexity index is 463. The predicted octanol–water partition coefficient (Wildman–Crippen LogP) is 1.86. The molecular weight excluding hydrogens is 262 g/mol. The van der Waals surface area contributed by atoms with Gasteiger partial charge in [-0.3, -0.25) is 4.79 Å². The van der Waals surface area contributed by atoms with Crippen molar-refractivity contribution in [2.45, 2.75) is 30.6 Å². The molecule has 0 saturated heterocycles. The lowest BCUT2D eigenvalue weighted by Crippen LogP contribution is -2.41. The average Bonchev–Trinajstić information content (AvgIpc) is 3.14. The van der Waals surface area contributed by atoms with Gasteiger partial charge in [-0.1, -0.05) is 30.3 Å². The summed E-state index contributed by atoms with van der Waals surface area (Å²) < 4.78 is 0. The molecule has 0 aliphatic heterocycles. The van der Waals surface area contributed by atoms with Crippen molar-refractivity contribution in [3.05, 3.63) is 35.9 Å². The topological polar surface area (TPSA) is 66.4 Å². The van der Waals surface area contributed by atoms with Crippen molar-refractivity contribution in [1.82, 2.24) is 5.32 Å². The van der Waals surface area contributed by atoms with E-state index in [0.717, 1.165) is 6.42 Å². The van der Waals surface area contributed by atoms with E-state index in [1.165, 1.54) is 12.5 Å². The number of carbonyl (C=O) groups is 2. The van der Waals surface area contributed by atoms with Crippen LogP contribution < -0.4 is 5.32 Å². The Morgan fingerprint density at radius 2 is 2.11 bits per heavy atom. The summed E-state index contributed by atoms with van der Waals surface area (Å²) in [7, 11) is 0. The third-order valence-corrected chi connectivity index (χ3v) is 4.59. The van der Waals surface area contributed by atoms with Gasteiger partial charge >= 0.3 is 5.97 Å². The number of carboxylic acids is 1. The molecule has 3 atom stereocenters. The Kier molecular flexibility index (Phi) is 4.47. The molecule has 0 aromatic heterocycles. The van der Waals surface area contributed by atoms with Gasteiger partial charge in [0.25, 0.3) is 0 Å². The maximum absolute atomic E-state index is 11.0. The van der Waals surface area contributed by atoms with Crippen LogP contribution in [0.5, 0.6) is 0 Å². The van der Waals surface area contributed by atoms with Crippen molar-refractivity contribution < 1.29 is 14.7 Å². The van der Waals surface area contributed by atoms with Gasteiger partial charge in [0.1, 0.15) is 6.04 Å². The van der Waals surface area contributed by atoms with Crippen molar-refractivity contribution in [2.75, 3.05) is 5.75 Å². The van der Waals surface area contributed by atoms with Crippen molar-refractivity contribution in [1.29, 1.82) is 0 Å². The number of carbonyl (C=O) groups excluding carboxylic acids is 1. The van der Waals surface area contributed by atoms with Crippen LogP contribution in [0.25, 0.3) is 0 Å². The Morgan fingerprint density at radius 1 is 1.42 bits per heavy atom. The van der Waals surface area contributed by atoms with Crippen molar-refractivity contribution in [3.63, 3.8) is 0 Å². The summed E-state index contributed by atoms with van der Waals surface area (Å²) in [5.41, 5.74) is 1.31. The molecule has 2 rings (SSSR count). The zero-order valence-corrected chi connectivity index (χ0v) is 11.5. The minimum absolute atomic E-state index is 0.302. The molecule has 1 amide bonds. The van der Waals surface area contributed by atoms with Crippen LogP contribution in [0.4, 0.5) is 0 Å². The highest BCUT2D eigenvalue weighted by Crippen LogP contribution is 2.49. The number of aliphatic carboxylic acids is 1. The molecule has 1 saturated carbocycles. The number of benzene rings is 1. The molecule has 19 heavy (non-hydrogen) atoms. The van der Waals surface area contributed by atoms with E-state index in [9.17, 15) is 9.59 Å². The third-order valence-electron chi connectivity index (χ3n) is 3.11. The van der Waals surface area contributed by atoms with Crippen LogP contribution in [0.1, 0.15) is 24.8 Å². The van der Waals surface area contributed by atoms with Crippen LogP contribution in [-0.4, -0.2) is 34.0 Å². The molecule has 1 fully saturated rings. The quantitative estimate of drug-likeness (QED) is 0.834. The minimum atomic E-state index is -0.973. The highest BCUT2D eigenvalue weighted by molar-refractivity contribution is 8.00. The van der Waals surface area contributed by atoms with Crippen LogP contribution in [0.3, 0.4) is 0 Å². The number of hydrogen-bond donors (Lipinski definition) is 2. The van der Waals surface area contributed by atoms with E-state index in [1.807, 2.05) is 18.2 Å². The van der Waals surface area contributed by atoms with Gasteiger partial charge in [0, 0.05) is 17.9 Å². The van der Waals surface area contributed by atoms with Crippen LogP contribution in [0.15, 0.2) is 30.3 Å². The first kappa shape index (κ1) is 13.9. The van der Waals surface area contributed by atoms with Gasteiger partial charge in [0.05, 0.1) is 0 Å². The van der Waals surface area contributed by atoms with Crippen molar-refractivity contribution in [2.24, 2.45) is 0 Å². The maximum atomic E-state index is 11.0.